The number of amides is 5. The van der Waals surface area contributed by atoms with Crippen LogP contribution in [-0.4, -0.2) is 83.3 Å². The number of nitrogens with one attached hydrogen (secondary N) is 2. The van der Waals surface area contributed by atoms with Crippen LogP contribution in [0, 0.1) is 5.92 Å². The molecule has 0 radical (unpaired) electrons. The third kappa shape index (κ3) is 5.26. The molecule has 1 aromatic rings. The van der Waals surface area contributed by atoms with Gasteiger partial charge in [-0.25, -0.2) is 4.79 Å². The lowest BCUT2D eigenvalue weighted by Crippen LogP contribution is -2.56. The first-order valence-corrected chi connectivity index (χ1v) is 13.3. The molecule has 3 saturated heterocycles. The minimum Gasteiger partial charge on any atom is -0.339 e. The molecule has 1 aromatic carbocycles. The zero-order valence-electron chi connectivity index (χ0n) is 21.7. The van der Waals surface area contributed by atoms with E-state index in [9.17, 15) is 19.2 Å². The summed E-state index contributed by atoms with van der Waals surface area (Å²) >= 11 is 0. The van der Waals surface area contributed by atoms with E-state index in [1.165, 1.54) is 11.8 Å². The number of benzene rings is 1. The van der Waals surface area contributed by atoms with Crippen LogP contribution in [-0.2, 0) is 9.59 Å². The molecule has 2 atom stereocenters. The molecule has 3 heterocycles. The number of imide groups is 1. The fourth-order valence-electron chi connectivity index (χ4n) is 6.17. The first-order valence-electron chi connectivity index (χ1n) is 13.3. The van der Waals surface area contributed by atoms with Crippen molar-refractivity contribution < 1.29 is 19.2 Å². The molecule has 3 aliphatic heterocycles. The molecule has 3 fully saturated rings. The normalized spacial score (nSPS) is 25.4. The van der Waals surface area contributed by atoms with Crippen LogP contribution in [0.5, 0.6) is 0 Å². The molecule has 0 bridgehead atoms. The molecular formula is C27H39N5O4. The quantitative estimate of drug-likeness (QED) is 0.538. The van der Waals surface area contributed by atoms with Crippen molar-refractivity contribution in [3.8, 4) is 0 Å². The van der Waals surface area contributed by atoms with Crippen LogP contribution in [0.25, 0.3) is 0 Å². The lowest BCUT2D eigenvalue weighted by atomic mass is 9.74. The maximum absolute atomic E-state index is 13.7. The van der Waals surface area contributed by atoms with Gasteiger partial charge in [0.2, 0.25) is 5.91 Å². The van der Waals surface area contributed by atoms with Gasteiger partial charge in [0.15, 0.2) is 0 Å². The number of hydrogen-bond acceptors (Lipinski definition) is 5. The van der Waals surface area contributed by atoms with Gasteiger partial charge in [0.25, 0.3) is 11.8 Å². The number of anilines is 1. The summed E-state index contributed by atoms with van der Waals surface area (Å²) in [6.45, 7) is 6.09. The second-order valence-corrected chi connectivity index (χ2v) is 10.5. The Morgan fingerprint density at radius 1 is 1.08 bits per heavy atom. The van der Waals surface area contributed by atoms with E-state index in [0.717, 1.165) is 32.2 Å². The number of nitrogens with zero attached hydrogens (tertiary/aromatic N) is 3. The van der Waals surface area contributed by atoms with Crippen molar-refractivity contribution in [1.29, 1.82) is 0 Å². The number of urea groups is 1. The summed E-state index contributed by atoms with van der Waals surface area (Å²) in [5, 5.41) is 5.81. The number of piperidine rings is 1. The zero-order chi connectivity index (χ0) is 25.9. The molecule has 0 spiro atoms. The summed E-state index contributed by atoms with van der Waals surface area (Å²) in [4.78, 5) is 56.5. The third-order valence-electron chi connectivity index (χ3n) is 8.14. The first-order chi connectivity index (χ1) is 17.2. The van der Waals surface area contributed by atoms with E-state index in [1.807, 2.05) is 11.8 Å². The molecule has 196 valence electrons. The molecule has 5 amide bonds. The maximum atomic E-state index is 13.7. The number of rotatable bonds is 8. The van der Waals surface area contributed by atoms with Crippen LogP contribution >= 0.6 is 0 Å². The van der Waals surface area contributed by atoms with Gasteiger partial charge in [0.1, 0.15) is 5.54 Å². The van der Waals surface area contributed by atoms with E-state index in [1.54, 1.807) is 24.3 Å². The number of hydrogen-bond donors (Lipinski definition) is 2. The monoisotopic (exact) mass is 497 g/mol. The molecule has 0 unspecified atom stereocenters. The second-order valence-electron chi connectivity index (χ2n) is 10.5. The Hall–Kier alpha value is -2.94. The lowest BCUT2D eigenvalue weighted by molar-refractivity contribution is -0.134. The van der Waals surface area contributed by atoms with Crippen molar-refractivity contribution in [3.05, 3.63) is 29.8 Å². The Morgan fingerprint density at radius 2 is 1.78 bits per heavy atom. The summed E-state index contributed by atoms with van der Waals surface area (Å²) < 4.78 is 0. The van der Waals surface area contributed by atoms with Crippen molar-refractivity contribution in [2.24, 2.45) is 5.92 Å². The van der Waals surface area contributed by atoms with Gasteiger partial charge in [-0.05, 0) is 82.3 Å². The van der Waals surface area contributed by atoms with E-state index in [2.05, 4.69) is 22.6 Å². The predicted molar refractivity (Wildman–Crippen MR) is 138 cm³/mol. The molecule has 36 heavy (non-hydrogen) atoms. The predicted octanol–water partition coefficient (Wildman–Crippen LogP) is 3.07. The molecule has 0 saturated carbocycles. The van der Waals surface area contributed by atoms with Crippen molar-refractivity contribution in [2.75, 3.05) is 38.5 Å². The Kier molecular flexibility index (Phi) is 7.97. The second kappa shape index (κ2) is 11.0. The lowest BCUT2D eigenvalue weighted by Gasteiger charge is -2.41. The highest BCUT2D eigenvalue weighted by atomic mass is 16.2. The van der Waals surface area contributed by atoms with E-state index < -0.39 is 5.54 Å². The van der Waals surface area contributed by atoms with Crippen LogP contribution in [0.1, 0.15) is 69.2 Å². The van der Waals surface area contributed by atoms with Gasteiger partial charge in [-0.2, -0.15) is 0 Å². The Balaban J connectivity index is 1.38. The average Bonchev–Trinajstić information content (AvgIpc) is 3.37. The smallest absolute Gasteiger partial charge is 0.325 e. The van der Waals surface area contributed by atoms with E-state index in [-0.39, 0.29) is 29.7 Å². The van der Waals surface area contributed by atoms with E-state index in [4.69, 9.17) is 0 Å². The fraction of sp³-hybridized carbons (Fsp3) is 0.630. The van der Waals surface area contributed by atoms with Crippen LogP contribution in [0.4, 0.5) is 10.5 Å². The molecule has 3 aliphatic rings. The van der Waals surface area contributed by atoms with Crippen molar-refractivity contribution in [2.45, 2.75) is 70.4 Å². The van der Waals surface area contributed by atoms with Gasteiger partial charge in [-0.1, -0.05) is 13.3 Å². The molecule has 4 rings (SSSR count). The topological polar surface area (TPSA) is 102 Å². The molecule has 0 aliphatic carbocycles. The summed E-state index contributed by atoms with van der Waals surface area (Å²) in [6, 6.07) is 7.04. The standard InChI is InChI=1S/C27H39N5O4/c1-4-14-27(25(35)32(26(36)29-27)18-13-23-6-5-15-30(23)3)21-11-16-31(17-12-21)24(34)20-7-9-22(10-8-20)28-19(2)33/h7-10,21,23H,4-6,11-18H2,1-3H3,(H,28,33)(H,29,36)/t23-,27+/m0/s1. The molecule has 0 aromatic heterocycles. The third-order valence-corrected chi connectivity index (χ3v) is 8.14. The first kappa shape index (κ1) is 26.1. The highest BCUT2D eigenvalue weighted by molar-refractivity contribution is 6.07. The summed E-state index contributed by atoms with van der Waals surface area (Å²) in [7, 11) is 2.11. The largest absolute Gasteiger partial charge is 0.339 e. The van der Waals surface area contributed by atoms with Crippen LogP contribution in [0.3, 0.4) is 0 Å². The van der Waals surface area contributed by atoms with Gasteiger partial charge in [-0.3, -0.25) is 19.3 Å². The summed E-state index contributed by atoms with van der Waals surface area (Å²) in [6.07, 6.45) is 5.83. The minimum atomic E-state index is -0.872. The fourth-order valence-corrected chi connectivity index (χ4v) is 6.17. The summed E-state index contributed by atoms with van der Waals surface area (Å²) in [5.41, 5.74) is 0.348. The highest BCUT2D eigenvalue weighted by Crippen LogP contribution is 2.37. The molecular weight excluding hydrogens is 458 g/mol. The van der Waals surface area contributed by atoms with Crippen LogP contribution in [0.2, 0.25) is 0 Å². The summed E-state index contributed by atoms with van der Waals surface area (Å²) in [5.74, 6) is -0.306. The zero-order valence-corrected chi connectivity index (χ0v) is 21.7. The van der Waals surface area contributed by atoms with Crippen LogP contribution in [0.15, 0.2) is 24.3 Å². The van der Waals surface area contributed by atoms with E-state index in [0.29, 0.717) is 56.2 Å². The van der Waals surface area contributed by atoms with Crippen molar-refractivity contribution in [1.82, 2.24) is 20.0 Å². The Labute approximate surface area is 213 Å². The minimum absolute atomic E-state index is 0.000697. The molecule has 9 nitrogen and oxygen atoms in total. The number of carbonyl (C=O) groups is 4. The van der Waals surface area contributed by atoms with Gasteiger partial charge < -0.3 is 20.4 Å². The van der Waals surface area contributed by atoms with Gasteiger partial charge in [0.05, 0.1) is 0 Å². The Bertz CT molecular complexity index is 988. The highest BCUT2D eigenvalue weighted by Gasteiger charge is 2.55. The number of likely N-dealkylation sites (tertiary alicyclic amines) is 2. The van der Waals surface area contributed by atoms with Crippen molar-refractivity contribution >= 4 is 29.4 Å². The average molecular weight is 498 g/mol. The Morgan fingerprint density at radius 3 is 2.36 bits per heavy atom. The SMILES string of the molecule is CCC[C@]1(C2CCN(C(=O)c3ccc(NC(C)=O)cc3)CC2)NC(=O)N(CC[C@@H]2CCCN2C)C1=O. The van der Waals surface area contributed by atoms with Gasteiger partial charge in [0, 0.05) is 43.9 Å². The molecule has 9 heteroatoms. The van der Waals surface area contributed by atoms with E-state index >= 15 is 0 Å². The molecule has 2 N–H and O–H groups in total. The van der Waals surface area contributed by atoms with Crippen LogP contribution < -0.4 is 10.6 Å². The maximum Gasteiger partial charge on any atom is 0.325 e. The van der Waals surface area contributed by atoms with Gasteiger partial charge in [-0.15, -0.1) is 0 Å². The van der Waals surface area contributed by atoms with Crippen molar-refractivity contribution in [3.63, 3.8) is 0 Å². The van der Waals surface area contributed by atoms with Gasteiger partial charge >= 0.3 is 6.03 Å². The number of carbonyl (C=O) groups excluding carboxylic acids is 4.